The largest absolute Gasteiger partial charge is 0.462 e. The Morgan fingerprint density at radius 3 is 2.47 bits per heavy atom. The molecule has 104 valence electrons. The van der Waals surface area contributed by atoms with Gasteiger partial charge in [0.1, 0.15) is 5.60 Å². The summed E-state index contributed by atoms with van der Waals surface area (Å²) in [5.41, 5.74) is 1.83. The van der Waals surface area contributed by atoms with E-state index < -0.39 is 5.60 Å². The zero-order valence-corrected chi connectivity index (χ0v) is 12.4. The molecule has 0 unspecified atom stereocenters. The quantitative estimate of drug-likeness (QED) is 0.655. The van der Waals surface area contributed by atoms with E-state index in [9.17, 15) is 9.90 Å². The maximum atomic E-state index is 11.9. The van der Waals surface area contributed by atoms with Crippen molar-refractivity contribution in [2.75, 3.05) is 6.61 Å². The molecule has 0 radical (unpaired) electrons. The SMILES string of the molecule is CCOC(=O)c1c(C)c(C#CC(C)(C)O)n(C)c1C. The van der Waals surface area contributed by atoms with Gasteiger partial charge in [-0.15, -0.1) is 0 Å². The molecule has 4 nitrogen and oxygen atoms in total. The second-order valence-corrected chi connectivity index (χ2v) is 5.02. The fourth-order valence-electron chi connectivity index (χ4n) is 1.87. The van der Waals surface area contributed by atoms with Gasteiger partial charge in [0.25, 0.3) is 0 Å². The average molecular weight is 263 g/mol. The molecule has 0 aliphatic heterocycles. The van der Waals surface area contributed by atoms with Crippen molar-refractivity contribution < 1.29 is 14.6 Å². The van der Waals surface area contributed by atoms with E-state index in [1.165, 1.54) is 0 Å². The number of nitrogens with zero attached hydrogens (tertiary/aromatic N) is 1. The van der Waals surface area contributed by atoms with Gasteiger partial charge in [-0.1, -0.05) is 5.92 Å². The van der Waals surface area contributed by atoms with Crippen molar-refractivity contribution in [2.45, 2.75) is 40.2 Å². The predicted octanol–water partition coefficient (Wildman–Crippen LogP) is 1.94. The van der Waals surface area contributed by atoms with E-state index in [2.05, 4.69) is 11.8 Å². The van der Waals surface area contributed by atoms with Gasteiger partial charge >= 0.3 is 5.97 Å². The zero-order valence-electron chi connectivity index (χ0n) is 12.4. The zero-order chi connectivity index (χ0) is 14.8. The molecule has 19 heavy (non-hydrogen) atoms. The van der Waals surface area contributed by atoms with Crippen molar-refractivity contribution in [2.24, 2.45) is 7.05 Å². The third kappa shape index (κ3) is 3.39. The molecule has 0 saturated heterocycles. The minimum absolute atomic E-state index is 0.329. The Morgan fingerprint density at radius 2 is 2.00 bits per heavy atom. The van der Waals surface area contributed by atoms with Crippen molar-refractivity contribution in [1.29, 1.82) is 0 Å². The monoisotopic (exact) mass is 263 g/mol. The molecular formula is C15H21NO3. The summed E-state index contributed by atoms with van der Waals surface area (Å²) in [5, 5.41) is 9.66. The molecule has 0 bridgehead atoms. The first-order valence-corrected chi connectivity index (χ1v) is 6.27. The minimum Gasteiger partial charge on any atom is -0.462 e. The minimum atomic E-state index is -1.06. The summed E-state index contributed by atoms with van der Waals surface area (Å²) in [5.74, 6) is 5.37. The van der Waals surface area contributed by atoms with Gasteiger partial charge in [-0.05, 0) is 46.1 Å². The average Bonchev–Trinajstić information content (AvgIpc) is 2.47. The normalized spacial score (nSPS) is 10.9. The van der Waals surface area contributed by atoms with Crippen LogP contribution in [0.4, 0.5) is 0 Å². The molecular weight excluding hydrogens is 242 g/mol. The van der Waals surface area contributed by atoms with E-state index in [1.54, 1.807) is 20.8 Å². The summed E-state index contributed by atoms with van der Waals surface area (Å²) in [6, 6.07) is 0. The van der Waals surface area contributed by atoms with Crippen LogP contribution in [0.5, 0.6) is 0 Å². The Labute approximate surface area is 114 Å². The lowest BCUT2D eigenvalue weighted by molar-refractivity contribution is 0.0524. The lowest BCUT2D eigenvalue weighted by Gasteiger charge is -2.06. The van der Waals surface area contributed by atoms with Crippen LogP contribution in [0.1, 0.15) is 48.1 Å². The van der Waals surface area contributed by atoms with Gasteiger partial charge in [0, 0.05) is 12.7 Å². The predicted molar refractivity (Wildman–Crippen MR) is 74.0 cm³/mol. The van der Waals surface area contributed by atoms with E-state index in [4.69, 9.17) is 4.74 Å². The molecule has 1 N–H and O–H groups in total. The van der Waals surface area contributed by atoms with Crippen molar-refractivity contribution in [1.82, 2.24) is 4.57 Å². The molecule has 0 spiro atoms. The van der Waals surface area contributed by atoms with Crippen LogP contribution in [0, 0.1) is 25.7 Å². The summed E-state index contributed by atoms with van der Waals surface area (Å²) < 4.78 is 6.90. The van der Waals surface area contributed by atoms with E-state index in [0.29, 0.717) is 12.2 Å². The Hall–Kier alpha value is -1.73. The molecule has 1 aromatic rings. The number of carbonyl (C=O) groups excluding carboxylic acids is 1. The third-order valence-corrected chi connectivity index (χ3v) is 2.90. The summed E-state index contributed by atoms with van der Waals surface area (Å²) in [6.07, 6.45) is 0. The second kappa shape index (κ2) is 5.50. The molecule has 1 rings (SSSR count). The molecule has 0 aliphatic rings. The number of carbonyl (C=O) groups is 1. The summed E-state index contributed by atoms with van der Waals surface area (Å²) in [7, 11) is 1.85. The Morgan fingerprint density at radius 1 is 1.42 bits per heavy atom. The highest BCUT2D eigenvalue weighted by Crippen LogP contribution is 2.21. The number of aliphatic hydroxyl groups is 1. The number of aromatic nitrogens is 1. The summed E-state index contributed by atoms with van der Waals surface area (Å²) in [4.78, 5) is 11.9. The van der Waals surface area contributed by atoms with Crippen LogP contribution in [0.25, 0.3) is 0 Å². The van der Waals surface area contributed by atoms with Crippen molar-refractivity contribution in [3.05, 3.63) is 22.5 Å². The fraction of sp³-hybridized carbons (Fsp3) is 0.533. The Kier molecular flexibility index (Phi) is 4.43. The Balaban J connectivity index is 3.33. The Bertz CT molecular complexity index is 551. The molecule has 1 aromatic heterocycles. The van der Waals surface area contributed by atoms with Crippen LogP contribution in [-0.2, 0) is 11.8 Å². The molecule has 0 atom stereocenters. The third-order valence-electron chi connectivity index (χ3n) is 2.90. The van der Waals surface area contributed by atoms with Crippen molar-refractivity contribution in [3.8, 4) is 11.8 Å². The van der Waals surface area contributed by atoms with Crippen LogP contribution < -0.4 is 0 Å². The number of ether oxygens (including phenoxy) is 1. The lowest BCUT2D eigenvalue weighted by atomic mass is 10.1. The van der Waals surface area contributed by atoms with Crippen molar-refractivity contribution >= 4 is 5.97 Å². The van der Waals surface area contributed by atoms with E-state index >= 15 is 0 Å². The maximum absolute atomic E-state index is 11.9. The maximum Gasteiger partial charge on any atom is 0.340 e. The summed E-state index contributed by atoms with van der Waals surface area (Å²) >= 11 is 0. The first-order valence-electron chi connectivity index (χ1n) is 6.27. The standard InChI is InChI=1S/C15H21NO3/c1-7-19-14(17)13-10(2)12(16(6)11(13)3)8-9-15(4,5)18/h18H,7H2,1-6H3. The van der Waals surface area contributed by atoms with E-state index in [-0.39, 0.29) is 5.97 Å². The highest BCUT2D eigenvalue weighted by molar-refractivity contribution is 5.93. The van der Waals surface area contributed by atoms with E-state index in [0.717, 1.165) is 17.0 Å². The first kappa shape index (κ1) is 15.3. The fourth-order valence-corrected chi connectivity index (χ4v) is 1.87. The highest BCUT2D eigenvalue weighted by Gasteiger charge is 2.21. The first-order chi connectivity index (χ1) is 8.69. The highest BCUT2D eigenvalue weighted by atomic mass is 16.5. The van der Waals surface area contributed by atoms with Crippen LogP contribution in [0.3, 0.4) is 0 Å². The second-order valence-electron chi connectivity index (χ2n) is 5.02. The number of hydrogen-bond donors (Lipinski definition) is 1. The number of rotatable bonds is 2. The molecule has 0 aliphatic carbocycles. The molecule has 4 heteroatoms. The molecule has 0 amide bonds. The smallest absolute Gasteiger partial charge is 0.340 e. The van der Waals surface area contributed by atoms with Gasteiger partial charge in [0.15, 0.2) is 0 Å². The van der Waals surface area contributed by atoms with Gasteiger partial charge in [0.05, 0.1) is 17.9 Å². The van der Waals surface area contributed by atoms with Crippen LogP contribution >= 0.6 is 0 Å². The molecule has 1 heterocycles. The van der Waals surface area contributed by atoms with Gasteiger partial charge < -0.3 is 14.4 Å². The molecule has 0 fully saturated rings. The van der Waals surface area contributed by atoms with E-state index in [1.807, 2.05) is 25.5 Å². The van der Waals surface area contributed by atoms with Gasteiger partial charge in [0.2, 0.25) is 0 Å². The van der Waals surface area contributed by atoms with Crippen molar-refractivity contribution in [3.63, 3.8) is 0 Å². The van der Waals surface area contributed by atoms with Crippen LogP contribution in [-0.4, -0.2) is 27.9 Å². The van der Waals surface area contributed by atoms with Crippen LogP contribution in [0.2, 0.25) is 0 Å². The topological polar surface area (TPSA) is 51.5 Å². The lowest BCUT2D eigenvalue weighted by Crippen LogP contribution is -2.14. The van der Waals surface area contributed by atoms with Gasteiger partial charge in [-0.3, -0.25) is 0 Å². The number of esters is 1. The van der Waals surface area contributed by atoms with Crippen LogP contribution in [0.15, 0.2) is 0 Å². The van der Waals surface area contributed by atoms with Gasteiger partial charge in [-0.2, -0.15) is 0 Å². The number of hydrogen-bond acceptors (Lipinski definition) is 3. The summed E-state index contributed by atoms with van der Waals surface area (Å²) in [6.45, 7) is 9.06. The molecule has 0 aromatic carbocycles. The van der Waals surface area contributed by atoms with Gasteiger partial charge in [-0.25, -0.2) is 4.79 Å². The molecule has 0 saturated carbocycles.